The Morgan fingerprint density at radius 1 is 1.17 bits per heavy atom. The molecule has 4 rings (SSSR count). The van der Waals surface area contributed by atoms with E-state index in [1.54, 1.807) is 19.1 Å². The van der Waals surface area contributed by atoms with E-state index in [0.717, 1.165) is 10.2 Å². The standard InChI is InChI=1S/C20H16FN5O2S/c1-12-11-16(27)18(24-26(12)14-8-4-3-7-13(14)21)19(28)22-23-20-25(2)15-9-5-6-10-17(15)29-20/h3-11H,1-2H3,(H,22,28)/b23-20-. The molecule has 7 nitrogen and oxygen atoms in total. The average Bonchev–Trinajstić information content (AvgIpc) is 3.03. The number of fused-ring (bicyclic) bond motifs is 1. The van der Waals surface area contributed by atoms with Crippen LogP contribution in [0, 0.1) is 12.7 Å². The largest absolute Gasteiger partial charge is 0.318 e. The second-order valence-electron chi connectivity index (χ2n) is 6.33. The van der Waals surface area contributed by atoms with Crippen LogP contribution in [0.2, 0.25) is 0 Å². The zero-order valence-electron chi connectivity index (χ0n) is 15.6. The number of hydrogen-bond acceptors (Lipinski definition) is 5. The molecule has 0 saturated heterocycles. The molecule has 9 heteroatoms. The summed E-state index contributed by atoms with van der Waals surface area (Å²) in [5, 5.41) is 8.19. The summed E-state index contributed by atoms with van der Waals surface area (Å²) in [6, 6.07) is 15.0. The van der Waals surface area contributed by atoms with Crippen LogP contribution in [0.1, 0.15) is 16.2 Å². The van der Waals surface area contributed by atoms with Crippen molar-refractivity contribution in [1.29, 1.82) is 0 Å². The van der Waals surface area contributed by atoms with Crippen LogP contribution < -0.4 is 15.7 Å². The molecule has 0 aliphatic heterocycles. The molecule has 2 aromatic carbocycles. The van der Waals surface area contributed by atoms with Crippen molar-refractivity contribution in [3.8, 4) is 5.69 Å². The average molecular weight is 409 g/mol. The number of carbonyl (C=O) groups excluding carboxylic acids is 1. The van der Waals surface area contributed by atoms with Gasteiger partial charge in [0, 0.05) is 18.8 Å². The Labute approximate surface area is 168 Å². The van der Waals surface area contributed by atoms with Crippen molar-refractivity contribution in [3.63, 3.8) is 0 Å². The van der Waals surface area contributed by atoms with Crippen LogP contribution in [0.3, 0.4) is 0 Å². The van der Waals surface area contributed by atoms with Gasteiger partial charge in [-0.2, -0.15) is 5.10 Å². The number of aryl methyl sites for hydroxylation is 2. The van der Waals surface area contributed by atoms with Gasteiger partial charge in [0.15, 0.2) is 5.69 Å². The van der Waals surface area contributed by atoms with Crippen molar-refractivity contribution in [3.05, 3.63) is 86.8 Å². The number of amides is 1. The van der Waals surface area contributed by atoms with Gasteiger partial charge >= 0.3 is 0 Å². The highest BCUT2D eigenvalue weighted by molar-refractivity contribution is 7.16. The zero-order chi connectivity index (χ0) is 20.5. The zero-order valence-corrected chi connectivity index (χ0v) is 16.4. The van der Waals surface area contributed by atoms with Crippen LogP contribution in [0.25, 0.3) is 15.9 Å². The van der Waals surface area contributed by atoms with Crippen molar-refractivity contribution in [2.75, 3.05) is 0 Å². The molecule has 0 atom stereocenters. The molecule has 29 heavy (non-hydrogen) atoms. The maximum absolute atomic E-state index is 14.1. The minimum atomic E-state index is -0.766. The first-order valence-electron chi connectivity index (χ1n) is 8.70. The fourth-order valence-electron chi connectivity index (χ4n) is 2.91. The van der Waals surface area contributed by atoms with Crippen LogP contribution in [-0.2, 0) is 7.05 Å². The van der Waals surface area contributed by atoms with Crippen LogP contribution in [-0.4, -0.2) is 20.3 Å². The van der Waals surface area contributed by atoms with Crippen molar-refractivity contribution in [2.24, 2.45) is 12.1 Å². The normalized spacial score (nSPS) is 11.8. The van der Waals surface area contributed by atoms with Gasteiger partial charge in [-0.15, -0.1) is 5.10 Å². The first kappa shape index (κ1) is 18.8. The quantitative estimate of drug-likeness (QED) is 0.528. The van der Waals surface area contributed by atoms with E-state index < -0.39 is 17.2 Å². The van der Waals surface area contributed by atoms with E-state index in [1.807, 2.05) is 35.9 Å². The molecule has 0 radical (unpaired) electrons. The molecule has 0 unspecified atom stereocenters. The van der Waals surface area contributed by atoms with Gasteiger partial charge in [0.25, 0.3) is 5.91 Å². The summed E-state index contributed by atoms with van der Waals surface area (Å²) in [4.78, 5) is 25.4. The molecule has 4 aromatic rings. The van der Waals surface area contributed by atoms with E-state index in [-0.39, 0.29) is 11.4 Å². The number of benzene rings is 2. The number of rotatable bonds is 3. The molecule has 0 bridgehead atoms. The van der Waals surface area contributed by atoms with Crippen LogP contribution >= 0.6 is 11.3 Å². The van der Waals surface area contributed by atoms with Crippen molar-refractivity contribution < 1.29 is 9.18 Å². The molecule has 2 heterocycles. The van der Waals surface area contributed by atoms with E-state index in [4.69, 9.17) is 0 Å². The maximum Gasteiger partial charge on any atom is 0.295 e. The molecule has 146 valence electrons. The van der Waals surface area contributed by atoms with Crippen molar-refractivity contribution >= 4 is 27.5 Å². The van der Waals surface area contributed by atoms with Gasteiger partial charge in [-0.1, -0.05) is 35.6 Å². The molecule has 2 aromatic heterocycles. The highest BCUT2D eigenvalue weighted by atomic mass is 32.1. The number of thiazole rings is 1. The van der Waals surface area contributed by atoms with Gasteiger partial charge < -0.3 is 4.57 Å². The summed E-state index contributed by atoms with van der Waals surface area (Å²) in [6.45, 7) is 1.62. The van der Waals surface area contributed by atoms with Crippen LogP contribution in [0.4, 0.5) is 4.39 Å². The van der Waals surface area contributed by atoms with Gasteiger partial charge in [-0.25, -0.2) is 14.5 Å². The topological polar surface area (TPSA) is 81.3 Å². The third-order valence-electron chi connectivity index (χ3n) is 4.37. The smallest absolute Gasteiger partial charge is 0.295 e. The lowest BCUT2D eigenvalue weighted by atomic mass is 10.2. The summed E-state index contributed by atoms with van der Waals surface area (Å²) in [5.41, 5.74) is 2.97. The van der Waals surface area contributed by atoms with E-state index in [2.05, 4.69) is 15.6 Å². The minimum Gasteiger partial charge on any atom is -0.318 e. The number of carbonyl (C=O) groups is 1. The second-order valence-corrected chi connectivity index (χ2v) is 7.33. The Morgan fingerprint density at radius 2 is 1.90 bits per heavy atom. The number of aromatic nitrogens is 3. The Bertz CT molecular complexity index is 1370. The monoisotopic (exact) mass is 409 g/mol. The van der Waals surface area contributed by atoms with Gasteiger partial charge in [0.1, 0.15) is 11.5 Å². The number of para-hydroxylation sites is 2. The molecule has 0 fully saturated rings. The SMILES string of the molecule is Cc1cc(=O)c(C(=O)N/N=c2\sc3ccccc3n2C)nn1-c1ccccc1F. The fraction of sp³-hybridized carbons (Fsp3) is 0.100. The van der Waals surface area contributed by atoms with Gasteiger partial charge in [0.2, 0.25) is 10.2 Å². The molecule has 1 N–H and O–H groups in total. The van der Waals surface area contributed by atoms with Gasteiger partial charge in [-0.3, -0.25) is 9.59 Å². The summed E-state index contributed by atoms with van der Waals surface area (Å²) >= 11 is 1.40. The van der Waals surface area contributed by atoms with Crippen molar-refractivity contribution in [2.45, 2.75) is 6.92 Å². The Hall–Kier alpha value is -3.59. The Kier molecular flexibility index (Phi) is 4.81. The molecule has 0 saturated carbocycles. The highest BCUT2D eigenvalue weighted by Gasteiger charge is 2.16. The molecular weight excluding hydrogens is 393 g/mol. The van der Waals surface area contributed by atoms with Gasteiger partial charge in [-0.05, 0) is 31.2 Å². The summed E-state index contributed by atoms with van der Waals surface area (Å²) in [7, 11) is 1.83. The Morgan fingerprint density at radius 3 is 2.66 bits per heavy atom. The van der Waals surface area contributed by atoms with E-state index in [9.17, 15) is 14.0 Å². The molecule has 0 aliphatic rings. The van der Waals surface area contributed by atoms with Crippen LogP contribution in [0.5, 0.6) is 0 Å². The molecule has 0 aliphatic carbocycles. The van der Waals surface area contributed by atoms with Gasteiger partial charge in [0.05, 0.1) is 10.2 Å². The number of nitrogens with zero attached hydrogens (tertiary/aromatic N) is 4. The lowest BCUT2D eigenvalue weighted by molar-refractivity contribution is 0.0945. The predicted molar refractivity (Wildman–Crippen MR) is 108 cm³/mol. The minimum absolute atomic E-state index is 0.145. The summed E-state index contributed by atoms with van der Waals surface area (Å²) in [6.07, 6.45) is 0. The second kappa shape index (κ2) is 7.44. The van der Waals surface area contributed by atoms with Crippen molar-refractivity contribution in [1.82, 2.24) is 19.8 Å². The number of halogens is 1. The van der Waals surface area contributed by atoms with E-state index in [0.29, 0.717) is 10.5 Å². The highest BCUT2D eigenvalue weighted by Crippen LogP contribution is 2.15. The summed E-state index contributed by atoms with van der Waals surface area (Å²) < 4.78 is 18.2. The molecular formula is C20H16FN5O2S. The third-order valence-corrected chi connectivity index (χ3v) is 5.48. The number of hydrogen-bond donors (Lipinski definition) is 1. The molecule has 0 spiro atoms. The van der Waals surface area contributed by atoms with E-state index in [1.165, 1.54) is 34.2 Å². The fourth-order valence-corrected chi connectivity index (χ4v) is 3.89. The predicted octanol–water partition coefficient (Wildman–Crippen LogP) is 2.48. The molecule has 1 amide bonds. The first-order valence-corrected chi connectivity index (χ1v) is 9.52. The lowest BCUT2D eigenvalue weighted by Gasteiger charge is -2.11. The van der Waals surface area contributed by atoms with E-state index >= 15 is 0 Å². The van der Waals surface area contributed by atoms with Crippen LogP contribution in [0.15, 0.2) is 64.5 Å². The Balaban J connectivity index is 1.72. The maximum atomic E-state index is 14.1. The summed E-state index contributed by atoms with van der Waals surface area (Å²) in [5.74, 6) is -1.28. The number of nitrogens with one attached hydrogen (secondary N) is 1. The lowest BCUT2D eigenvalue weighted by Crippen LogP contribution is -2.31. The first-order chi connectivity index (χ1) is 14.0. The third kappa shape index (κ3) is 3.47.